The van der Waals surface area contributed by atoms with Gasteiger partial charge in [0.05, 0.1) is 4.90 Å². The lowest BCUT2D eigenvalue weighted by Crippen LogP contribution is -2.02. The summed E-state index contributed by atoms with van der Waals surface area (Å²) >= 11 is 0. The van der Waals surface area contributed by atoms with Crippen LogP contribution in [0.5, 0.6) is 0 Å². The molecule has 0 aliphatic rings. The zero-order valence-corrected chi connectivity index (χ0v) is 11.1. The van der Waals surface area contributed by atoms with Crippen LogP contribution in [-0.2, 0) is 16.7 Å². The third-order valence-electron chi connectivity index (χ3n) is 2.47. The molecule has 0 aliphatic carbocycles. The third-order valence-corrected chi connectivity index (χ3v) is 3.32. The summed E-state index contributed by atoms with van der Waals surface area (Å²) in [5, 5.41) is 3.10. The molecule has 5 nitrogen and oxygen atoms in total. The monoisotopic (exact) mass is 280 g/mol. The van der Waals surface area contributed by atoms with Gasteiger partial charge < -0.3 is 11.5 Å². The van der Waals surface area contributed by atoms with Crippen molar-refractivity contribution in [3.05, 3.63) is 60.2 Å². The minimum Gasteiger partial charge on any atom is -0.381 e. The predicted molar refractivity (Wildman–Crippen MR) is 75.0 cm³/mol. The highest BCUT2D eigenvalue weighted by Crippen LogP contribution is 2.15. The molecule has 0 spiro atoms. The molecule has 0 unspecified atom stereocenters. The van der Waals surface area contributed by atoms with Crippen LogP contribution in [0.25, 0.3) is 0 Å². The molecule has 0 amide bonds. The van der Waals surface area contributed by atoms with Crippen molar-refractivity contribution < 1.29 is 13.0 Å². The Balaban J connectivity index is 0.00000180. The molecule has 0 aromatic heterocycles. The quantitative estimate of drug-likeness (QED) is 0.747. The maximum absolute atomic E-state index is 11.0. The van der Waals surface area contributed by atoms with E-state index in [-0.39, 0.29) is 11.0 Å². The molecular weight excluding hydrogens is 264 g/mol. The fraction of sp³-hybridized carbons (Fsp3) is 0.0769. The van der Waals surface area contributed by atoms with E-state index >= 15 is 0 Å². The molecule has 102 valence electrons. The summed E-state index contributed by atoms with van der Waals surface area (Å²) in [6.07, 6.45) is 0. The highest BCUT2D eigenvalue weighted by Gasteiger charge is 2.09. The molecule has 0 aliphatic heterocycles. The topological polar surface area (TPSA) is 101 Å². The van der Waals surface area contributed by atoms with Gasteiger partial charge in [-0.3, -0.25) is 4.55 Å². The van der Waals surface area contributed by atoms with Gasteiger partial charge >= 0.3 is 0 Å². The lowest BCUT2D eigenvalue weighted by Gasteiger charge is -2.07. The lowest BCUT2D eigenvalue weighted by atomic mass is 10.2. The van der Waals surface area contributed by atoms with Gasteiger partial charge in [0.2, 0.25) is 0 Å². The first kappa shape index (κ1) is 15.2. The van der Waals surface area contributed by atoms with Crippen molar-refractivity contribution in [2.45, 2.75) is 11.4 Å². The highest BCUT2D eigenvalue weighted by atomic mass is 32.2. The maximum atomic E-state index is 11.0. The highest BCUT2D eigenvalue weighted by molar-refractivity contribution is 7.85. The molecule has 0 saturated carbocycles. The van der Waals surface area contributed by atoms with Gasteiger partial charge in [-0.25, -0.2) is 0 Å². The minimum atomic E-state index is -4.15. The smallest absolute Gasteiger partial charge is 0.294 e. The first-order valence-corrected chi connectivity index (χ1v) is 6.85. The van der Waals surface area contributed by atoms with Crippen molar-refractivity contribution in [2.75, 3.05) is 5.32 Å². The Morgan fingerprint density at radius 1 is 1.00 bits per heavy atom. The van der Waals surface area contributed by atoms with Crippen LogP contribution >= 0.6 is 0 Å². The van der Waals surface area contributed by atoms with Crippen LogP contribution < -0.4 is 11.5 Å². The Bertz CT molecular complexity index is 627. The van der Waals surface area contributed by atoms with Crippen LogP contribution in [0.4, 0.5) is 5.69 Å². The standard InChI is InChI=1S/C13H13NO3S.H3N/c15-18(16,17)13-8-4-7-12(9-13)14-10-11-5-2-1-3-6-11;/h1-9,14H,10H2,(H,15,16,17);1H3. The van der Waals surface area contributed by atoms with Crippen molar-refractivity contribution in [1.82, 2.24) is 6.15 Å². The molecule has 0 saturated heterocycles. The lowest BCUT2D eigenvalue weighted by molar-refractivity contribution is 0.483. The van der Waals surface area contributed by atoms with E-state index in [2.05, 4.69) is 5.32 Å². The van der Waals surface area contributed by atoms with Crippen LogP contribution in [0.15, 0.2) is 59.5 Å². The molecule has 19 heavy (non-hydrogen) atoms. The normalized spacial score (nSPS) is 10.6. The Kier molecular flexibility index (Phi) is 5.05. The van der Waals surface area contributed by atoms with Crippen molar-refractivity contribution >= 4 is 15.8 Å². The Hall–Kier alpha value is -1.89. The van der Waals surface area contributed by atoms with E-state index in [4.69, 9.17) is 4.55 Å². The van der Waals surface area contributed by atoms with E-state index < -0.39 is 10.1 Å². The van der Waals surface area contributed by atoms with Gasteiger partial charge in [-0.05, 0) is 23.8 Å². The average molecular weight is 280 g/mol. The number of hydrogen-bond acceptors (Lipinski definition) is 4. The largest absolute Gasteiger partial charge is 0.381 e. The summed E-state index contributed by atoms with van der Waals surface area (Å²) in [5.41, 5.74) is 1.74. The van der Waals surface area contributed by atoms with Gasteiger partial charge in [-0.1, -0.05) is 36.4 Å². The average Bonchev–Trinajstić information content (AvgIpc) is 2.37. The second-order valence-electron chi connectivity index (χ2n) is 3.84. The van der Waals surface area contributed by atoms with Gasteiger partial charge in [0.25, 0.3) is 10.1 Å². The molecule has 0 radical (unpaired) electrons. The third kappa shape index (κ3) is 4.36. The molecule has 5 N–H and O–H groups in total. The first-order valence-electron chi connectivity index (χ1n) is 5.41. The van der Waals surface area contributed by atoms with Gasteiger partial charge in [0.15, 0.2) is 0 Å². The first-order chi connectivity index (χ1) is 8.55. The molecule has 2 rings (SSSR count). The predicted octanol–water partition coefficient (Wildman–Crippen LogP) is 2.71. The van der Waals surface area contributed by atoms with Crippen LogP contribution in [-0.4, -0.2) is 13.0 Å². The molecule has 0 heterocycles. The van der Waals surface area contributed by atoms with E-state index in [0.29, 0.717) is 12.2 Å². The summed E-state index contributed by atoms with van der Waals surface area (Å²) in [5.74, 6) is 0. The summed E-state index contributed by atoms with van der Waals surface area (Å²) in [4.78, 5) is -0.111. The Labute approximate surface area is 112 Å². The van der Waals surface area contributed by atoms with Gasteiger partial charge in [-0.2, -0.15) is 8.42 Å². The molecule has 0 fully saturated rings. The molecule has 2 aromatic rings. The van der Waals surface area contributed by atoms with Crippen LogP contribution in [0.2, 0.25) is 0 Å². The van der Waals surface area contributed by atoms with Gasteiger partial charge in [0, 0.05) is 12.2 Å². The van der Waals surface area contributed by atoms with E-state index in [0.717, 1.165) is 5.56 Å². The van der Waals surface area contributed by atoms with Crippen molar-refractivity contribution in [1.29, 1.82) is 0 Å². The number of hydrogen-bond donors (Lipinski definition) is 3. The SMILES string of the molecule is N.O=S(=O)(O)c1cccc(NCc2ccccc2)c1. The number of rotatable bonds is 4. The van der Waals surface area contributed by atoms with Crippen LogP contribution in [0.3, 0.4) is 0 Å². The zero-order valence-electron chi connectivity index (χ0n) is 10.3. The van der Waals surface area contributed by atoms with Crippen LogP contribution in [0.1, 0.15) is 5.56 Å². The van der Waals surface area contributed by atoms with E-state index in [1.165, 1.54) is 12.1 Å². The molecule has 6 heteroatoms. The Morgan fingerprint density at radius 3 is 2.32 bits per heavy atom. The minimum absolute atomic E-state index is 0. The maximum Gasteiger partial charge on any atom is 0.294 e. The number of benzene rings is 2. The fourth-order valence-corrected chi connectivity index (χ4v) is 2.09. The summed E-state index contributed by atoms with van der Waals surface area (Å²) < 4.78 is 30.9. The fourth-order valence-electron chi connectivity index (χ4n) is 1.57. The van der Waals surface area contributed by atoms with Crippen molar-refractivity contribution in [3.63, 3.8) is 0 Å². The van der Waals surface area contributed by atoms with Crippen molar-refractivity contribution in [3.8, 4) is 0 Å². The van der Waals surface area contributed by atoms with E-state index in [9.17, 15) is 8.42 Å². The number of nitrogens with one attached hydrogen (secondary N) is 1. The summed E-state index contributed by atoms with van der Waals surface area (Å²) in [7, 11) is -4.15. The van der Waals surface area contributed by atoms with E-state index in [1.807, 2.05) is 30.3 Å². The number of anilines is 1. The summed E-state index contributed by atoms with van der Waals surface area (Å²) in [6.45, 7) is 0.593. The van der Waals surface area contributed by atoms with Crippen molar-refractivity contribution in [2.24, 2.45) is 0 Å². The van der Waals surface area contributed by atoms with Gasteiger partial charge in [0.1, 0.15) is 0 Å². The summed E-state index contributed by atoms with van der Waals surface area (Å²) in [6, 6.07) is 15.8. The van der Waals surface area contributed by atoms with Crippen LogP contribution in [0, 0.1) is 0 Å². The molecule has 0 atom stereocenters. The molecule has 2 aromatic carbocycles. The Morgan fingerprint density at radius 2 is 1.68 bits per heavy atom. The zero-order chi connectivity index (χ0) is 13.0. The van der Waals surface area contributed by atoms with E-state index in [1.54, 1.807) is 12.1 Å². The van der Waals surface area contributed by atoms with Gasteiger partial charge in [-0.15, -0.1) is 0 Å². The second kappa shape index (κ2) is 6.33. The molecular formula is C13H16N2O3S. The molecule has 0 bridgehead atoms. The second-order valence-corrected chi connectivity index (χ2v) is 5.26.